The molecule has 2 aliphatic rings. The van der Waals surface area contributed by atoms with Gasteiger partial charge in [0, 0.05) is 57.4 Å². The zero-order chi connectivity index (χ0) is 91.7. The number of piperidine rings is 2. The number of carbonyl (C=O) groups excluding carboxylic acids is 1. The van der Waals surface area contributed by atoms with Gasteiger partial charge in [-0.05, 0) is 143 Å². The third kappa shape index (κ3) is 40.1. The van der Waals surface area contributed by atoms with E-state index in [9.17, 15) is 66.7 Å². The number of hydrogen-bond acceptors (Lipinski definition) is 20. The molecule has 25 nitrogen and oxygen atoms in total. The number of aliphatic hydroxyl groups excluding tert-OH is 1. The molecule has 1 aromatic heterocycles. The van der Waals surface area contributed by atoms with E-state index in [2.05, 4.69) is 165 Å². The Morgan fingerprint density at radius 1 is 0.548 bits per heavy atom. The summed E-state index contributed by atoms with van der Waals surface area (Å²) in [5.74, 6) is -6.10. The summed E-state index contributed by atoms with van der Waals surface area (Å²) in [7, 11) is -7.92. The lowest BCUT2D eigenvalue weighted by atomic mass is 10.1. The van der Waals surface area contributed by atoms with Gasteiger partial charge in [-0.2, -0.15) is 26.3 Å². The summed E-state index contributed by atoms with van der Waals surface area (Å²) in [6.45, 7) is 23.9. The summed E-state index contributed by atoms with van der Waals surface area (Å²) in [5, 5.41) is 8.91. The topological polar surface area (TPSA) is 319 Å². The van der Waals surface area contributed by atoms with Gasteiger partial charge in [-0.1, -0.05) is 199 Å². The number of imidazole rings is 1. The van der Waals surface area contributed by atoms with Crippen LogP contribution in [0.3, 0.4) is 0 Å². The quantitative estimate of drug-likeness (QED) is 0.00802. The van der Waals surface area contributed by atoms with Crippen LogP contribution in [0.5, 0.6) is 0 Å². The number of sulfone groups is 1. The summed E-state index contributed by atoms with van der Waals surface area (Å²) in [6.07, 6.45) is 10.6. The number of amides is 1. The average Bonchev–Trinajstić information content (AvgIpc) is 0.793. The smallest absolute Gasteiger partial charge is 0.414 e. The summed E-state index contributed by atoms with van der Waals surface area (Å²) < 4.78 is 187. The van der Waals surface area contributed by atoms with Crippen LogP contribution in [0.2, 0.25) is 0 Å². The monoisotopic (exact) mass is 1830 g/mol. The third-order valence-corrected chi connectivity index (χ3v) is 26.1. The Kier molecular flexibility index (Phi) is 53.3. The zero-order valence-corrected chi connectivity index (χ0v) is 77.8. The van der Waals surface area contributed by atoms with Crippen molar-refractivity contribution in [2.75, 3.05) is 161 Å². The van der Waals surface area contributed by atoms with Crippen molar-refractivity contribution in [3.8, 4) is 33.9 Å². The van der Waals surface area contributed by atoms with E-state index in [4.69, 9.17) is 38.1 Å². The second-order valence-electron chi connectivity index (χ2n) is 30.9. The number of carbonyl (C=O) groups is 1. The first-order valence-corrected chi connectivity index (χ1v) is 47.6. The molecule has 1 amide bonds. The standard InChI is InChI=1S/C21H16N2.C18H15S.C16H36N.C12H27NO7.C10H19NO3.C9H13F6N2O6S3.C3H9N.H2O/c1-4-10-16(11-5-1)19-20(17-12-6-2-7-13-17)23-21(22-19)18-14-8-3-9-15-18;1-4-10-16(11-5-1)19(17-12-6-2-7-13-17)18-14-8-3-9-15-18;1-5-9-13-17(14-10-6-2,15-11-7-3)16-12-8-4;1-15-10-18-7-4-13(14,5-8-19-11-16-2)6-9-20-12-17-3;1-10(2,3)14-9(13)11-6-4-8(12)5-7-11;1-24(18,19)17-26(22,23)9(14,15)7(10,11)8(12,13)25(20,21)6-2-4-16-5-3-6;1-4(2)3;/h1-15H,(H,22,23);1-15H;5-16H2,1-4H3;4-12H2,1-3H3;8,12H,4-7H2,1-3H3;6,16H,2-5H2,1H3;1-3H3;1H2/q;2*+1;;;-1;;/p-1. The number of aromatic nitrogens is 2. The number of likely N-dealkylation sites (tertiary alicyclic amines) is 1. The Morgan fingerprint density at radius 2 is 0.887 bits per heavy atom. The highest BCUT2D eigenvalue weighted by atomic mass is 32.3. The van der Waals surface area contributed by atoms with Crippen LogP contribution in [0.1, 0.15) is 126 Å². The minimum atomic E-state index is -7.05. The van der Waals surface area contributed by atoms with Crippen molar-refractivity contribution in [2.45, 2.75) is 174 Å². The zero-order valence-electron chi connectivity index (χ0n) is 74.6. The number of benzene rings is 6. The number of aromatic amines is 1. The average molecular weight is 1830 g/mol. The largest absolute Gasteiger partial charge is 0.870 e. The van der Waals surface area contributed by atoms with Gasteiger partial charge in [-0.3, -0.25) is 0 Å². The molecule has 9 rings (SSSR count). The number of hydrogen-bond donors (Lipinski definition) is 3. The van der Waals surface area contributed by atoms with E-state index in [1.807, 2.05) is 101 Å². The number of sulfonamides is 2. The molecule has 0 atom stereocenters. The number of halogens is 6. The minimum Gasteiger partial charge on any atom is -0.870 e. The maximum atomic E-state index is 13.9. The molecule has 2 fully saturated rings. The van der Waals surface area contributed by atoms with E-state index in [1.54, 1.807) is 4.90 Å². The molecule has 0 radical (unpaired) electrons. The van der Waals surface area contributed by atoms with Crippen LogP contribution in [-0.4, -0.2) is 265 Å². The van der Waals surface area contributed by atoms with Gasteiger partial charge in [0.1, 0.15) is 51.4 Å². The fourth-order valence-corrected chi connectivity index (χ4v) is 18.5. The Labute approximate surface area is 736 Å². The molecule has 0 unspecified atom stereocenters. The number of methoxy groups -OCH3 is 3. The summed E-state index contributed by atoms with van der Waals surface area (Å²) in [5.41, 5.74) is 4.94. The molecule has 3 heterocycles. The number of H-pyrrole nitrogens is 1. The third-order valence-electron chi connectivity index (χ3n) is 18.8. The first-order chi connectivity index (χ1) is 58.2. The Balaban J connectivity index is 0.000000503. The summed E-state index contributed by atoms with van der Waals surface area (Å²) >= 11 is 0. The van der Waals surface area contributed by atoms with Gasteiger partial charge in [0.05, 0.1) is 89.7 Å². The van der Waals surface area contributed by atoms with Gasteiger partial charge in [0.2, 0.25) is 9.84 Å². The number of ether oxygens (including phenoxy) is 7. The first-order valence-electron chi connectivity index (χ1n) is 41.5. The van der Waals surface area contributed by atoms with E-state index < -0.39 is 74.7 Å². The van der Waals surface area contributed by atoms with Crippen LogP contribution in [0.15, 0.2) is 197 Å². The van der Waals surface area contributed by atoms with Gasteiger partial charge >= 0.3 is 22.5 Å². The van der Waals surface area contributed by atoms with Crippen molar-refractivity contribution in [1.82, 2.24) is 25.1 Å². The predicted molar refractivity (Wildman–Crippen MR) is 479 cm³/mol. The van der Waals surface area contributed by atoms with Gasteiger partial charge in [-0.25, -0.2) is 35.0 Å². The molecule has 0 aliphatic carbocycles. The molecule has 4 N–H and O–H groups in total. The molecule has 6 aromatic carbocycles. The van der Waals surface area contributed by atoms with Gasteiger partial charge in [0.25, 0.3) is 0 Å². The van der Waals surface area contributed by atoms with Crippen molar-refractivity contribution in [3.05, 3.63) is 191 Å². The normalized spacial score (nSPS) is 13.8. The Hall–Kier alpha value is -6.98. The lowest BCUT2D eigenvalue weighted by Gasteiger charge is -2.42. The first kappa shape index (κ1) is 113. The van der Waals surface area contributed by atoms with Crippen molar-refractivity contribution in [3.63, 3.8) is 0 Å². The molecule has 700 valence electrons. The van der Waals surface area contributed by atoms with Crippen LogP contribution in [-0.2, 0) is 73.9 Å². The minimum absolute atomic E-state index is 0. The molecule has 0 bridgehead atoms. The summed E-state index contributed by atoms with van der Waals surface area (Å²) in [6, 6.07) is 63.0. The molecular weight excluding hydrogens is 1700 g/mol. The van der Waals surface area contributed by atoms with Crippen LogP contribution in [0.4, 0.5) is 31.1 Å². The Bertz CT molecular complexity index is 4090. The molecule has 124 heavy (non-hydrogen) atoms. The number of aliphatic hydroxyl groups is 1. The van der Waals surface area contributed by atoms with Gasteiger partial charge < -0.3 is 82.3 Å². The number of nitrogens with zero attached hydrogens (tertiary/aromatic N) is 6. The lowest BCUT2D eigenvalue weighted by Crippen LogP contribution is -2.62. The molecule has 0 saturated carbocycles. The van der Waals surface area contributed by atoms with Crippen molar-refractivity contribution in [2.24, 2.45) is 0 Å². The highest BCUT2D eigenvalue weighted by Gasteiger charge is 2.80. The van der Waals surface area contributed by atoms with Crippen LogP contribution in [0, 0.1) is 5.21 Å². The van der Waals surface area contributed by atoms with Crippen molar-refractivity contribution in [1.29, 1.82) is 0 Å². The molecule has 2 saturated heterocycles. The highest BCUT2D eigenvalue weighted by molar-refractivity contribution is 8.12. The predicted octanol–water partition coefficient (Wildman–Crippen LogP) is 17.4. The second-order valence-corrected chi connectivity index (χ2v) is 38.7. The maximum absolute atomic E-state index is 13.9. The summed E-state index contributed by atoms with van der Waals surface area (Å²) in [4.78, 5) is 27.6. The van der Waals surface area contributed by atoms with E-state index in [1.165, 1.54) is 122 Å². The fraction of sp³-hybridized carbons (Fsp3) is 0.551. The van der Waals surface area contributed by atoms with Gasteiger partial charge in [-0.15, -0.1) is 0 Å². The van der Waals surface area contributed by atoms with Crippen LogP contribution < -0.4 is 5.32 Å². The maximum Gasteiger partial charge on any atom is 0.414 e. The molecule has 7 aromatic rings. The number of alkyl halides is 6. The SMILES string of the molecule is CC(C)(C)OC(=O)N1CCC(O)CC1.CCCC[N+](CCCC)(CCCC)CCCC.CN(C)C.COCOCC[N+]([O-])(CCOCOC)CCOCOC.CS(=O)(=O)[N-]S(=O)(=O)C(F)(F)C(F)(F)C(F)(F)S(=O)(=O)C1CCNCC1.[OH-].c1ccc(-c2nc(-c3ccccc3)c(-c3ccccc3)[nH]2)cc1.c1ccc([S+](c2ccccc2)c2ccccc2)cc1. The molecule has 0 spiro atoms. The molecule has 2 aliphatic heterocycles. The van der Waals surface area contributed by atoms with Crippen LogP contribution in [0.25, 0.3) is 38.0 Å². The molecular formula is C89H136F6N8O17S4. The number of rotatable bonds is 40. The molecule has 35 heteroatoms. The number of quaternary nitrogens is 2. The number of unbranched alkanes of at least 4 members (excludes halogenated alkanes) is 4. The Morgan fingerprint density at radius 3 is 1.22 bits per heavy atom. The van der Waals surface area contributed by atoms with Gasteiger partial charge in [0.15, 0.2) is 24.7 Å². The number of nitrogens with one attached hydrogen (secondary N) is 2. The second kappa shape index (κ2) is 58.5. The van der Waals surface area contributed by atoms with Crippen molar-refractivity contribution >= 4 is 46.9 Å². The fourth-order valence-electron chi connectivity index (χ4n) is 12.3. The van der Waals surface area contributed by atoms with E-state index in [-0.39, 0.29) is 68.3 Å². The highest BCUT2D eigenvalue weighted by Crippen LogP contribution is 2.53. The van der Waals surface area contributed by atoms with E-state index in [0.717, 1.165) is 33.9 Å². The van der Waals surface area contributed by atoms with Crippen molar-refractivity contribution < 1.29 is 109 Å². The number of hydroxylamine groups is 3. The lowest BCUT2D eigenvalue weighted by molar-refractivity contribution is -0.929. The van der Waals surface area contributed by atoms with Crippen LogP contribution >= 0.6 is 0 Å². The van der Waals surface area contributed by atoms with E-state index >= 15 is 0 Å². The van der Waals surface area contributed by atoms with E-state index in [0.29, 0.717) is 65.4 Å².